The molecule has 0 unspecified atom stereocenters. The van der Waals surface area contributed by atoms with Crippen LogP contribution in [0.2, 0.25) is 0 Å². The summed E-state index contributed by atoms with van der Waals surface area (Å²) in [6, 6.07) is 4.47. The van der Waals surface area contributed by atoms with Gasteiger partial charge in [0.15, 0.2) is 17.3 Å². The Labute approximate surface area is 199 Å². The van der Waals surface area contributed by atoms with Gasteiger partial charge in [0.2, 0.25) is 0 Å². The van der Waals surface area contributed by atoms with Crippen molar-refractivity contribution in [3.8, 4) is 11.5 Å². The molecule has 0 radical (unpaired) electrons. The highest BCUT2D eigenvalue weighted by Gasteiger charge is 2.17. The van der Waals surface area contributed by atoms with E-state index in [0.29, 0.717) is 12.0 Å². The first-order valence-electron chi connectivity index (χ1n) is 12.5. The second-order valence-corrected chi connectivity index (χ2v) is 8.55. The maximum Gasteiger partial charge on any atom is 0.339 e. The largest absolute Gasteiger partial charge is 0.504 e. The topological polar surface area (TPSA) is 83.8 Å². The van der Waals surface area contributed by atoms with Crippen LogP contribution in [0.3, 0.4) is 0 Å². The quantitative estimate of drug-likeness (QED) is 0.0738. The van der Waals surface area contributed by atoms with Crippen molar-refractivity contribution < 1.29 is 24.5 Å². The number of unbranched alkanes of at least 4 members (excludes halogenated alkanes) is 11. The van der Waals surface area contributed by atoms with Crippen LogP contribution < -0.4 is 4.74 Å². The first-order valence-corrected chi connectivity index (χ1v) is 12.5. The molecule has 184 valence electrons. The van der Waals surface area contributed by atoms with Crippen LogP contribution in [0.5, 0.6) is 11.5 Å². The molecule has 0 amide bonds. The fourth-order valence-electron chi connectivity index (χ4n) is 3.70. The third-order valence-electron chi connectivity index (χ3n) is 5.71. The zero-order valence-electron chi connectivity index (χ0n) is 20.5. The maximum atomic E-state index is 12.4. The van der Waals surface area contributed by atoms with Crippen LogP contribution in [0.4, 0.5) is 0 Å². The SMILES string of the molecule is CCCCCCCCC=CCCCCCCCC(=O)C(=Cc1ccc(O)c(OC)c1)C(=O)O. The summed E-state index contributed by atoms with van der Waals surface area (Å²) < 4.78 is 5.03. The normalized spacial score (nSPS) is 11.8. The summed E-state index contributed by atoms with van der Waals surface area (Å²) in [4.78, 5) is 24.0. The van der Waals surface area contributed by atoms with Gasteiger partial charge in [-0.3, -0.25) is 4.79 Å². The Balaban J connectivity index is 2.22. The van der Waals surface area contributed by atoms with Gasteiger partial charge in [0.05, 0.1) is 7.11 Å². The molecule has 0 fully saturated rings. The molecule has 5 heteroatoms. The highest BCUT2D eigenvalue weighted by Crippen LogP contribution is 2.27. The predicted molar refractivity (Wildman–Crippen MR) is 135 cm³/mol. The Bertz CT molecular complexity index is 764. The van der Waals surface area contributed by atoms with Crippen LogP contribution in [0.25, 0.3) is 6.08 Å². The number of phenols is 1. The van der Waals surface area contributed by atoms with Crippen molar-refractivity contribution in [3.63, 3.8) is 0 Å². The third kappa shape index (κ3) is 12.9. The number of allylic oxidation sites excluding steroid dienone is 2. The van der Waals surface area contributed by atoms with E-state index in [1.54, 1.807) is 6.07 Å². The van der Waals surface area contributed by atoms with E-state index in [1.807, 2.05) is 0 Å². The lowest BCUT2D eigenvalue weighted by atomic mass is 10.0. The molecule has 5 nitrogen and oxygen atoms in total. The summed E-state index contributed by atoms with van der Waals surface area (Å²) in [6.07, 6.45) is 21.4. The molecular formula is C28H42O5. The standard InChI is InChI=1S/C28H42O5/c1-3-4-5-6-7-8-9-10-11-12-13-14-15-16-17-18-25(29)24(28(31)32)21-23-19-20-26(30)27(22-23)33-2/h10-11,19-22,30H,3-9,12-18H2,1-2H3,(H,31,32). The number of hydrogen-bond donors (Lipinski definition) is 2. The first kappa shape index (κ1) is 28.5. The maximum absolute atomic E-state index is 12.4. The van der Waals surface area contributed by atoms with Gasteiger partial charge in [-0.05, 0) is 55.9 Å². The number of hydrogen-bond acceptors (Lipinski definition) is 4. The van der Waals surface area contributed by atoms with Gasteiger partial charge in [0.25, 0.3) is 0 Å². The number of Topliss-reactive ketones (excluding diaryl/α,β-unsaturated/α-hetero) is 1. The third-order valence-corrected chi connectivity index (χ3v) is 5.71. The fraction of sp³-hybridized carbons (Fsp3) is 0.571. The number of aliphatic carboxylic acids is 1. The van der Waals surface area contributed by atoms with Crippen molar-refractivity contribution >= 4 is 17.8 Å². The predicted octanol–water partition coefficient (Wildman–Crippen LogP) is 7.48. The number of phenolic OH excluding ortho intramolecular Hbond substituents is 1. The molecule has 0 aliphatic rings. The zero-order chi connectivity index (χ0) is 24.3. The number of carbonyl (C=O) groups is 2. The lowest BCUT2D eigenvalue weighted by Gasteiger charge is -2.06. The lowest BCUT2D eigenvalue weighted by Crippen LogP contribution is -2.12. The Morgan fingerprint density at radius 1 is 0.879 bits per heavy atom. The number of carbonyl (C=O) groups excluding carboxylic acids is 1. The Morgan fingerprint density at radius 3 is 2.03 bits per heavy atom. The van der Waals surface area contributed by atoms with Crippen molar-refractivity contribution in [1.82, 2.24) is 0 Å². The van der Waals surface area contributed by atoms with E-state index in [4.69, 9.17) is 4.74 Å². The van der Waals surface area contributed by atoms with Crippen LogP contribution in [-0.4, -0.2) is 29.1 Å². The lowest BCUT2D eigenvalue weighted by molar-refractivity contribution is -0.134. The summed E-state index contributed by atoms with van der Waals surface area (Å²) >= 11 is 0. The van der Waals surface area contributed by atoms with Gasteiger partial charge in [-0.1, -0.05) is 76.5 Å². The Hall–Kier alpha value is -2.56. The molecule has 33 heavy (non-hydrogen) atoms. The highest BCUT2D eigenvalue weighted by molar-refractivity contribution is 6.20. The second kappa shape index (κ2) is 17.9. The molecule has 0 atom stereocenters. The molecule has 1 aromatic rings. The molecule has 0 heterocycles. The molecule has 0 bridgehead atoms. The van der Waals surface area contributed by atoms with Gasteiger partial charge in [0.1, 0.15) is 5.57 Å². The zero-order valence-corrected chi connectivity index (χ0v) is 20.5. The van der Waals surface area contributed by atoms with Crippen LogP contribution in [0.15, 0.2) is 35.9 Å². The molecule has 1 aromatic carbocycles. The number of carboxylic acids is 1. The molecular weight excluding hydrogens is 416 g/mol. The van der Waals surface area contributed by atoms with Crippen LogP contribution in [0, 0.1) is 0 Å². The van der Waals surface area contributed by atoms with Gasteiger partial charge >= 0.3 is 5.97 Å². The van der Waals surface area contributed by atoms with Gasteiger partial charge < -0.3 is 14.9 Å². The number of ether oxygens (including phenoxy) is 1. The van der Waals surface area contributed by atoms with Crippen molar-refractivity contribution in [3.05, 3.63) is 41.5 Å². The van der Waals surface area contributed by atoms with Crippen molar-refractivity contribution in [2.75, 3.05) is 7.11 Å². The molecule has 0 aliphatic heterocycles. The summed E-state index contributed by atoms with van der Waals surface area (Å²) in [5.74, 6) is -1.41. The summed E-state index contributed by atoms with van der Waals surface area (Å²) in [5, 5.41) is 19.1. The molecule has 0 aliphatic carbocycles. The van der Waals surface area contributed by atoms with Gasteiger partial charge in [0, 0.05) is 6.42 Å². The molecule has 0 saturated carbocycles. The van der Waals surface area contributed by atoms with E-state index in [0.717, 1.165) is 32.1 Å². The Morgan fingerprint density at radius 2 is 1.45 bits per heavy atom. The molecule has 0 aromatic heterocycles. The summed E-state index contributed by atoms with van der Waals surface area (Å²) in [7, 11) is 1.42. The number of carboxylic acid groups (broad SMARTS) is 1. The van der Waals surface area contributed by atoms with Gasteiger partial charge in [-0.15, -0.1) is 0 Å². The van der Waals surface area contributed by atoms with E-state index in [9.17, 15) is 19.8 Å². The monoisotopic (exact) mass is 458 g/mol. The van der Waals surface area contributed by atoms with Crippen molar-refractivity contribution in [1.29, 1.82) is 0 Å². The van der Waals surface area contributed by atoms with Crippen molar-refractivity contribution in [2.24, 2.45) is 0 Å². The van der Waals surface area contributed by atoms with Gasteiger partial charge in [-0.25, -0.2) is 4.79 Å². The smallest absolute Gasteiger partial charge is 0.339 e. The van der Waals surface area contributed by atoms with Crippen LogP contribution in [0.1, 0.15) is 102 Å². The summed E-state index contributed by atoms with van der Waals surface area (Å²) in [6.45, 7) is 2.24. The number of ketones is 1. The molecule has 0 spiro atoms. The van der Waals surface area contributed by atoms with E-state index in [2.05, 4.69) is 19.1 Å². The Kier molecular flexibility index (Phi) is 15.5. The molecule has 1 rings (SSSR count). The average molecular weight is 459 g/mol. The fourth-order valence-corrected chi connectivity index (χ4v) is 3.70. The van der Waals surface area contributed by atoms with E-state index < -0.39 is 5.97 Å². The van der Waals surface area contributed by atoms with E-state index in [-0.39, 0.29) is 29.3 Å². The van der Waals surface area contributed by atoms with Gasteiger partial charge in [-0.2, -0.15) is 0 Å². The van der Waals surface area contributed by atoms with Crippen molar-refractivity contribution in [2.45, 2.75) is 96.8 Å². The minimum absolute atomic E-state index is 0.0360. The number of aromatic hydroxyl groups is 1. The van der Waals surface area contributed by atoms with Crippen LogP contribution >= 0.6 is 0 Å². The second-order valence-electron chi connectivity index (χ2n) is 8.55. The average Bonchev–Trinajstić information content (AvgIpc) is 2.80. The number of rotatable bonds is 19. The molecule has 2 N–H and O–H groups in total. The summed E-state index contributed by atoms with van der Waals surface area (Å²) in [5.41, 5.74) is 0.262. The number of benzene rings is 1. The highest BCUT2D eigenvalue weighted by atomic mass is 16.5. The van der Waals surface area contributed by atoms with E-state index >= 15 is 0 Å². The number of methoxy groups -OCH3 is 1. The molecule has 0 saturated heterocycles. The van der Waals surface area contributed by atoms with Crippen LogP contribution in [-0.2, 0) is 9.59 Å². The van der Waals surface area contributed by atoms with E-state index in [1.165, 1.54) is 70.3 Å². The minimum Gasteiger partial charge on any atom is -0.504 e. The minimum atomic E-state index is -1.24. The first-order chi connectivity index (χ1) is 16.0.